The minimum atomic E-state index is 0.649. The van der Waals surface area contributed by atoms with Gasteiger partial charge in [-0.25, -0.2) is 4.98 Å². The third-order valence-electron chi connectivity index (χ3n) is 3.29. The second-order valence-electron chi connectivity index (χ2n) is 4.54. The van der Waals surface area contributed by atoms with Crippen LogP contribution in [0.5, 0.6) is 0 Å². The van der Waals surface area contributed by atoms with Gasteiger partial charge in [0.2, 0.25) is 0 Å². The summed E-state index contributed by atoms with van der Waals surface area (Å²) in [5, 5.41) is 0. The topological polar surface area (TPSA) is 54.7 Å². The highest BCUT2D eigenvalue weighted by Gasteiger charge is 2.13. The number of nitrogens with one attached hydrogen (secondary N) is 1. The van der Waals surface area contributed by atoms with Crippen LogP contribution in [-0.4, -0.2) is 22.3 Å². The van der Waals surface area contributed by atoms with Gasteiger partial charge in [0.1, 0.15) is 0 Å². The number of hydrogen-bond acceptors (Lipinski definition) is 3. The average molecular weight is 259 g/mol. The van der Waals surface area contributed by atoms with Crippen molar-refractivity contribution in [3.05, 3.63) is 35.8 Å². The van der Waals surface area contributed by atoms with Crippen LogP contribution >= 0.6 is 11.8 Å². The van der Waals surface area contributed by atoms with Gasteiger partial charge in [-0.2, -0.15) is 0 Å². The maximum atomic E-state index is 5.63. The molecule has 0 saturated heterocycles. The van der Waals surface area contributed by atoms with Crippen LogP contribution in [0.4, 0.5) is 0 Å². The highest BCUT2D eigenvalue weighted by molar-refractivity contribution is 7.99. The molecule has 3 nitrogen and oxygen atoms in total. The van der Waals surface area contributed by atoms with Gasteiger partial charge in [-0.05, 0) is 42.8 Å². The van der Waals surface area contributed by atoms with E-state index in [1.165, 1.54) is 34.6 Å². The van der Waals surface area contributed by atoms with Gasteiger partial charge in [0, 0.05) is 22.6 Å². The fourth-order valence-corrected chi connectivity index (χ4v) is 3.43. The maximum absolute atomic E-state index is 5.63. The summed E-state index contributed by atoms with van der Waals surface area (Å²) in [7, 11) is 0. The number of aryl methyl sites for hydroxylation is 1. The summed E-state index contributed by atoms with van der Waals surface area (Å²) in [6.07, 6.45) is 5.07. The van der Waals surface area contributed by atoms with E-state index >= 15 is 0 Å². The second kappa shape index (κ2) is 5.16. The van der Waals surface area contributed by atoms with Crippen molar-refractivity contribution in [1.29, 1.82) is 0 Å². The molecule has 0 radical (unpaired) electrons. The monoisotopic (exact) mass is 259 g/mol. The molecule has 2 heterocycles. The van der Waals surface area contributed by atoms with Crippen molar-refractivity contribution in [3.8, 4) is 11.3 Å². The molecule has 0 spiro atoms. The van der Waals surface area contributed by atoms with Gasteiger partial charge in [-0.15, -0.1) is 11.8 Å². The molecule has 1 aromatic heterocycles. The Hall–Kier alpha value is -1.26. The van der Waals surface area contributed by atoms with Crippen LogP contribution in [0, 0.1) is 0 Å². The third-order valence-corrected chi connectivity index (χ3v) is 4.50. The van der Waals surface area contributed by atoms with E-state index in [2.05, 4.69) is 28.2 Å². The number of nitrogens with zero attached hydrogens (tertiary/aromatic N) is 1. The van der Waals surface area contributed by atoms with Crippen molar-refractivity contribution < 1.29 is 0 Å². The Morgan fingerprint density at radius 1 is 1.39 bits per heavy atom. The fourth-order valence-electron chi connectivity index (χ4n) is 2.41. The summed E-state index contributed by atoms with van der Waals surface area (Å²) < 4.78 is 0. The molecule has 94 valence electrons. The number of H-pyrrole nitrogens is 1. The summed E-state index contributed by atoms with van der Waals surface area (Å²) in [5.74, 6) is 1.24. The minimum Gasteiger partial charge on any atom is -0.348 e. The van der Waals surface area contributed by atoms with Gasteiger partial charge in [-0.1, -0.05) is 6.07 Å². The molecule has 1 aliphatic rings. The van der Waals surface area contributed by atoms with Crippen molar-refractivity contribution in [1.82, 2.24) is 9.97 Å². The molecule has 2 aromatic rings. The van der Waals surface area contributed by atoms with Crippen LogP contribution in [0.25, 0.3) is 11.3 Å². The largest absolute Gasteiger partial charge is 0.348 e. The lowest BCUT2D eigenvalue weighted by Crippen LogP contribution is -2.04. The lowest BCUT2D eigenvalue weighted by molar-refractivity contribution is 0.890. The number of imidazole rings is 1. The molecule has 0 atom stereocenters. The van der Waals surface area contributed by atoms with E-state index in [1.54, 1.807) is 6.33 Å². The fraction of sp³-hybridized carbons (Fsp3) is 0.357. The van der Waals surface area contributed by atoms with Crippen molar-refractivity contribution in [3.63, 3.8) is 0 Å². The standard InChI is InChI=1S/C14H17N3S/c15-6-5-12-14(17-9-16-12)11-3-4-13-10(8-11)2-1-7-18-13/h3-4,8-9H,1-2,5-7,15H2,(H,16,17). The van der Waals surface area contributed by atoms with E-state index in [4.69, 9.17) is 5.73 Å². The van der Waals surface area contributed by atoms with Gasteiger partial charge in [0.05, 0.1) is 12.0 Å². The molecular formula is C14H17N3S. The zero-order valence-corrected chi connectivity index (χ0v) is 11.1. The zero-order chi connectivity index (χ0) is 12.4. The summed E-state index contributed by atoms with van der Waals surface area (Å²) in [6, 6.07) is 6.69. The molecule has 0 fully saturated rings. The zero-order valence-electron chi connectivity index (χ0n) is 10.3. The lowest BCUT2D eigenvalue weighted by Gasteiger charge is -2.15. The normalized spacial score (nSPS) is 14.5. The van der Waals surface area contributed by atoms with Crippen LogP contribution in [-0.2, 0) is 12.8 Å². The maximum Gasteiger partial charge on any atom is 0.0929 e. The molecular weight excluding hydrogens is 242 g/mol. The van der Waals surface area contributed by atoms with Gasteiger partial charge in [-0.3, -0.25) is 0 Å². The Balaban J connectivity index is 1.98. The van der Waals surface area contributed by atoms with Crippen molar-refractivity contribution in [2.24, 2.45) is 5.73 Å². The molecule has 0 saturated carbocycles. The Kier molecular flexibility index (Phi) is 3.39. The number of thioether (sulfide) groups is 1. The molecule has 0 aliphatic carbocycles. The number of fused-ring (bicyclic) bond motifs is 1. The van der Waals surface area contributed by atoms with E-state index in [-0.39, 0.29) is 0 Å². The Bertz CT molecular complexity index is 548. The van der Waals surface area contributed by atoms with Crippen LogP contribution in [0.2, 0.25) is 0 Å². The first-order chi connectivity index (χ1) is 8.88. The molecule has 1 aromatic carbocycles. The summed E-state index contributed by atoms with van der Waals surface area (Å²) in [5.41, 5.74) is 10.5. The molecule has 1 aliphatic heterocycles. The van der Waals surface area contributed by atoms with Crippen molar-refractivity contribution >= 4 is 11.8 Å². The number of nitrogens with two attached hydrogens (primary N) is 1. The van der Waals surface area contributed by atoms with Crippen LogP contribution in [0.3, 0.4) is 0 Å². The molecule has 3 rings (SSSR count). The molecule has 4 heteroatoms. The highest BCUT2D eigenvalue weighted by Crippen LogP contribution is 2.33. The predicted octanol–water partition coefficient (Wildman–Crippen LogP) is 2.62. The smallest absolute Gasteiger partial charge is 0.0929 e. The summed E-state index contributed by atoms with van der Waals surface area (Å²) in [4.78, 5) is 9.06. The number of hydrogen-bond donors (Lipinski definition) is 2. The Labute approximate surface area is 111 Å². The highest BCUT2D eigenvalue weighted by atomic mass is 32.2. The van der Waals surface area contributed by atoms with Gasteiger partial charge < -0.3 is 10.7 Å². The first-order valence-electron chi connectivity index (χ1n) is 6.37. The number of aromatic amines is 1. The molecule has 18 heavy (non-hydrogen) atoms. The van der Waals surface area contributed by atoms with Crippen molar-refractivity contribution in [2.45, 2.75) is 24.2 Å². The number of rotatable bonds is 3. The third kappa shape index (κ3) is 2.18. The van der Waals surface area contributed by atoms with E-state index in [0.29, 0.717) is 6.54 Å². The number of benzene rings is 1. The molecule has 3 N–H and O–H groups in total. The Morgan fingerprint density at radius 3 is 3.22 bits per heavy atom. The lowest BCUT2D eigenvalue weighted by atomic mass is 10.0. The molecule has 0 bridgehead atoms. The van der Waals surface area contributed by atoms with E-state index in [0.717, 1.165) is 17.8 Å². The minimum absolute atomic E-state index is 0.649. The summed E-state index contributed by atoms with van der Waals surface area (Å²) >= 11 is 1.96. The van der Waals surface area contributed by atoms with E-state index < -0.39 is 0 Å². The quantitative estimate of drug-likeness (QED) is 0.891. The molecule has 0 amide bonds. The van der Waals surface area contributed by atoms with Gasteiger partial charge in [0.25, 0.3) is 0 Å². The van der Waals surface area contributed by atoms with Gasteiger partial charge in [0.15, 0.2) is 0 Å². The second-order valence-corrected chi connectivity index (χ2v) is 5.68. The van der Waals surface area contributed by atoms with E-state index in [1.807, 2.05) is 11.8 Å². The Morgan fingerprint density at radius 2 is 2.33 bits per heavy atom. The SMILES string of the molecule is NCCc1[nH]cnc1-c1ccc2c(c1)CCCS2. The van der Waals surface area contributed by atoms with Crippen LogP contribution < -0.4 is 5.73 Å². The predicted molar refractivity (Wildman–Crippen MR) is 75.8 cm³/mol. The first kappa shape index (κ1) is 11.8. The van der Waals surface area contributed by atoms with E-state index in [9.17, 15) is 0 Å². The average Bonchev–Trinajstić information content (AvgIpc) is 2.87. The first-order valence-corrected chi connectivity index (χ1v) is 7.35. The van der Waals surface area contributed by atoms with Crippen LogP contribution in [0.15, 0.2) is 29.4 Å². The molecule has 0 unspecified atom stereocenters. The van der Waals surface area contributed by atoms with Crippen LogP contribution in [0.1, 0.15) is 17.7 Å². The summed E-state index contributed by atoms with van der Waals surface area (Å²) in [6.45, 7) is 0.649. The van der Waals surface area contributed by atoms with Crippen molar-refractivity contribution in [2.75, 3.05) is 12.3 Å². The van der Waals surface area contributed by atoms with Gasteiger partial charge >= 0.3 is 0 Å². The number of aromatic nitrogens is 2.